The number of nitrogens with zero attached hydrogens (tertiary/aromatic N) is 2. The van der Waals surface area contributed by atoms with Crippen molar-refractivity contribution in [1.82, 2.24) is 5.06 Å². The molecule has 0 amide bonds. The van der Waals surface area contributed by atoms with E-state index in [0.29, 0.717) is 0 Å². The van der Waals surface area contributed by atoms with Crippen LogP contribution in [-0.2, 0) is 4.84 Å². The Kier molecular flexibility index (Phi) is 5.04. The van der Waals surface area contributed by atoms with Crippen LogP contribution in [0.1, 0.15) is 52.5 Å². The quantitative estimate of drug-likeness (QED) is 0.597. The van der Waals surface area contributed by atoms with E-state index in [-0.39, 0.29) is 28.3 Å². The zero-order valence-electron chi connectivity index (χ0n) is 13.7. The molecule has 0 bridgehead atoms. The molecule has 22 heavy (non-hydrogen) atoms. The molecule has 0 spiro atoms. The molecule has 0 aliphatic carbocycles. The van der Waals surface area contributed by atoms with Gasteiger partial charge in [-0.2, -0.15) is 16.4 Å². The van der Waals surface area contributed by atoms with Crippen LogP contribution in [0.15, 0.2) is 22.5 Å². The molecule has 1 aliphatic rings. The molecule has 5 nitrogen and oxygen atoms in total. The van der Waals surface area contributed by atoms with Crippen LogP contribution in [0.3, 0.4) is 0 Å². The number of thiophene rings is 1. The average molecular weight is 324 g/mol. The molecule has 1 fully saturated rings. The monoisotopic (exact) mass is 324 g/mol. The number of hydroxylamine groups is 2. The first-order valence-electron chi connectivity index (χ1n) is 7.53. The first kappa shape index (κ1) is 17.1. The summed E-state index contributed by atoms with van der Waals surface area (Å²) in [4.78, 5) is 16.8. The van der Waals surface area contributed by atoms with Gasteiger partial charge < -0.3 is 0 Å². The van der Waals surface area contributed by atoms with Crippen LogP contribution in [0.2, 0.25) is 0 Å². The van der Waals surface area contributed by atoms with Crippen molar-refractivity contribution < 1.29 is 9.76 Å². The lowest BCUT2D eigenvalue weighted by atomic mass is 9.82. The highest BCUT2D eigenvalue weighted by Crippen LogP contribution is 2.38. The van der Waals surface area contributed by atoms with Crippen molar-refractivity contribution in [3.05, 3.63) is 38.2 Å². The van der Waals surface area contributed by atoms with Gasteiger partial charge in [-0.25, -0.2) is 0 Å². The van der Waals surface area contributed by atoms with Crippen molar-refractivity contribution in [3.63, 3.8) is 0 Å². The third-order valence-electron chi connectivity index (χ3n) is 4.13. The molecule has 2 heterocycles. The van der Waals surface area contributed by atoms with Gasteiger partial charge in [0.25, 0.3) is 5.70 Å². The molecular weight excluding hydrogens is 300 g/mol. The molecule has 0 N–H and O–H groups in total. The van der Waals surface area contributed by atoms with E-state index in [1.807, 2.05) is 21.9 Å². The Labute approximate surface area is 135 Å². The van der Waals surface area contributed by atoms with E-state index in [4.69, 9.17) is 4.84 Å². The van der Waals surface area contributed by atoms with E-state index in [9.17, 15) is 10.1 Å². The molecule has 0 atom stereocenters. The third kappa shape index (κ3) is 3.94. The highest BCUT2D eigenvalue weighted by Gasteiger charge is 2.42. The predicted molar refractivity (Wildman–Crippen MR) is 89.1 cm³/mol. The van der Waals surface area contributed by atoms with E-state index in [1.165, 1.54) is 11.3 Å². The maximum Gasteiger partial charge on any atom is 0.274 e. The lowest BCUT2D eigenvalue weighted by Crippen LogP contribution is -2.58. The molecule has 0 unspecified atom stereocenters. The molecule has 2 rings (SSSR count). The number of hydrogen-bond donors (Lipinski definition) is 0. The van der Waals surface area contributed by atoms with Crippen molar-refractivity contribution in [3.8, 4) is 0 Å². The van der Waals surface area contributed by atoms with E-state index in [2.05, 4.69) is 27.7 Å². The molecule has 0 aromatic carbocycles. The van der Waals surface area contributed by atoms with Gasteiger partial charge in [-0.1, -0.05) is 0 Å². The Morgan fingerprint density at radius 2 is 2.05 bits per heavy atom. The van der Waals surface area contributed by atoms with Crippen LogP contribution in [0.25, 0.3) is 6.08 Å². The SMILES string of the molecule is CC1(C)CCCC(C)(C)N1OC/C(=C/c1ccsc1)[N+](=O)[O-]. The summed E-state index contributed by atoms with van der Waals surface area (Å²) in [6, 6.07) is 1.86. The highest BCUT2D eigenvalue weighted by molar-refractivity contribution is 7.08. The summed E-state index contributed by atoms with van der Waals surface area (Å²) < 4.78 is 0. The fourth-order valence-corrected chi connectivity index (χ4v) is 3.77. The Hall–Kier alpha value is -1.24. The van der Waals surface area contributed by atoms with E-state index < -0.39 is 0 Å². The van der Waals surface area contributed by atoms with Crippen LogP contribution in [0, 0.1) is 10.1 Å². The van der Waals surface area contributed by atoms with Crippen molar-refractivity contribution >= 4 is 17.4 Å². The highest BCUT2D eigenvalue weighted by atomic mass is 32.1. The van der Waals surface area contributed by atoms with E-state index in [1.54, 1.807) is 6.08 Å². The maximum atomic E-state index is 11.3. The number of rotatable bonds is 5. The van der Waals surface area contributed by atoms with Gasteiger partial charge in [0.2, 0.25) is 0 Å². The zero-order valence-corrected chi connectivity index (χ0v) is 14.5. The minimum absolute atomic E-state index is 0.0181. The van der Waals surface area contributed by atoms with Gasteiger partial charge >= 0.3 is 0 Å². The predicted octanol–water partition coefficient (Wildman–Crippen LogP) is 4.34. The van der Waals surface area contributed by atoms with Crippen molar-refractivity contribution in [2.45, 2.75) is 58.0 Å². The largest absolute Gasteiger partial charge is 0.287 e. The summed E-state index contributed by atoms with van der Waals surface area (Å²) in [6.07, 6.45) is 4.78. The summed E-state index contributed by atoms with van der Waals surface area (Å²) in [7, 11) is 0. The summed E-state index contributed by atoms with van der Waals surface area (Å²) >= 11 is 1.52. The number of piperidine rings is 1. The first-order chi connectivity index (χ1) is 10.2. The van der Waals surface area contributed by atoms with Crippen molar-refractivity contribution in [2.75, 3.05) is 6.61 Å². The molecule has 6 heteroatoms. The normalized spacial score (nSPS) is 21.7. The summed E-state index contributed by atoms with van der Waals surface area (Å²) in [5.74, 6) is 0. The van der Waals surface area contributed by atoms with Gasteiger partial charge in [0, 0.05) is 17.2 Å². The molecule has 0 saturated carbocycles. The van der Waals surface area contributed by atoms with Crippen LogP contribution < -0.4 is 0 Å². The molecule has 1 aromatic rings. The number of nitro groups is 1. The van der Waals surface area contributed by atoms with E-state index in [0.717, 1.165) is 24.8 Å². The average Bonchev–Trinajstić information content (AvgIpc) is 2.88. The molecular formula is C16H24N2O3S. The Balaban J connectivity index is 2.13. The summed E-state index contributed by atoms with van der Waals surface area (Å²) in [5.41, 5.74) is 0.686. The molecule has 122 valence electrons. The van der Waals surface area contributed by atoms with Crippen molar-refractivity contribution in [2.24, 2.45) is 0 Å². The third-order valence-corrected chi connectivity index (χ3v) is 4.83. The minimum atomic E-state index is -0.360. The standard InChI is InChI=1S/C16H24N2O3S/c1-15(2)7-5-8-16(3,4)18(15)21-11-14(17(19)20)10-13-6-9-22-12-13/h6,9-10,12H,5,7-8,11H2,1-4H3/b14-10-. The Morgan fingerprint density at radius 1 is 1.41 bits per heavy atom. The maximum absolute atomic E-state index is 11.3. The van der Waals surface area contributed by atoms with Gasteiger partial charge in [0.05, 0.1) is 4.92 Å². The lowest BCUT2D eigenvalue weighted by Gasteiger charge is -2.51. The van der Waals surface area contributed by atoms with Gasteiger partial charge in [0.15, 0.2) is 6.61 Å². The Bertz CT molecular complexity index is 534. The Morgan fingerprint density at radius 3 is 2.55 bits per heavy atom. The fourth-order valence-electron chi connectivity index (χ4n) is 3.15. The second-order valence-electron chi connectivity index (χ2n) is 7.00. The topological polar surface area (TPSA) is 55.6 Å². The van der Waals surface area contributed by atoms with Crippen LogP contribution in [0.4, 0.5) is 0 Å². The van der Waals surface area contributed by atoms with E-state index >= 15 is 0 Å². The number of hydrogen-bond acceptors (Lipinski definition) is 5. The molecule has 1 aliphatic heterocycles. The second kappa shape index (κ2) is 6.48. The minimum Gasteiger partial charge on any atom is -0.287 e. The van der Waals surface area contributed by atoms with Gasteiger partial charge in [-0.05, 0) is 69.3 Å². The van der Waals surface area contributed by atoms with Crippen molar-refractivity contribution in [1.29, 1.82) is 0 Å². The first-order valence-corrected chi connectivity index (χ1v) is 8.47. The summed E-state index contributed by atoms with van der Waals surface area (Å²) in [5, 5.41) is 17.0. The summed E-state index contributed by atoms with van der Waals surface area (Å²) in [6.45, 7) is 8.49. The molecule has 0 radical (unpaired) electrons. The zero-order chi connectivity index (χ0) is 16.4. The molecule has 1 aromatic heterocycles. The van der Waals surface area contributed by atoms with Gasteiger partial charge in [0.1, 0.15) is 0 Å². The molecule has 1 saturated heterocycles. The van der Waals surface area contributed by atoms with Crippen LogP contribution >= 0.6 is 11.3 Å². The van der Waals surface area contributed by atoms with Gasteiger partial charge in [-0.3, -0.25) is 15.0 Å². The van der Waals surface area contributed by atoms with Crippen LogP contribution in [-0.4, -0.2) is 27.7 Å². The fraction of sp³-hybridized carbons (Fsp3) is 0.625. The van der Waals surface area contributed by atoms with Crippen LogP contribution in [0.5, 0.6) is 0 Å². The van der Waals surface area contributed by atoms with Gasteiger partial charge in [-0.15, -0.1) is 0 Å². The second-order valence-corrected chi connectivity index (χ2v) is 7.78. The lowest BCUT2D eigenvalue weighted by molar-refractivity contribution is -0.436. The smallest absolute Gasteiger partial charge is 0.274 e.